The zero-order valence-electron chi connectivity index (χ0n) is 8.69. The lowest BCUT2D eigenvalue weighted by Crippen LogP contribution is -2.32. The summed E-state index contributed by atoms with van der Waals surface area (Å²) >= 11 is 0. The first-order valence-corrected chi connectivity index (χ1v) is 5.09. The van der Waals surface area contributed by atoms with Crippen molar-refractivity contribution in [3.8, 4) is 5.75 Å². The Balaban J connectivity index is 2.06. The highest BCUT2D eigenvalue weighted by Gasteiger charge is 2.18. The Morgan fingerprint density at radius 2 is 2.13 bits per heavy atom. The van der Waals surface area contributed by atoms with Gasteiger partial charge in [0.15, 0.2) is 0 Å². The van der Waals surface area contributed by atoms with Crippen LogP contribution in [-0.2, 0) is 4.79 Å². The maximum Gasteiger partial charge on any atom is 0.240 e. The van der Waals surface area contributed by atoms with Gasteiger partial charge in [-0.2, -0.15) is 0 Å². The molecule has 1 heterocycles. The molecule has 0 aliphatic carbocycles. The van der Waals surface area contributed by atoms with E-state index in [1.807, 2.05) is 36.2 Å². The fourth-order valence-electron chi connectivity index (χ4n) is 1.56. The Morgan fingerprint density at radius 3 is 2.67 bits per heavy atom. The molecule has 0 radical (unpaired) electrons. The standard InChI is InChI=1S/C11H14N2O2/c1-2-15-10-5-3-9(4-6-10)13-8-7-11(14)12-13/h3-6H,2,7-8H2,1H3,(H,12,14). The number of rotatable bonds is 3. The monoisotopic (exact) mass is 206 g/mol. The zero-order valence-corrected chi connectivity index (χ0v) is 8.69. The van der Waals surface area contributed by atoms with Crippen LogP contribution in [0.2, 0.25) is 0 Å². The Morgan fingerprint density at radius 1 is 1.40 bits per heavy atom. The predicted octanol–water partition coefficient (Wildman–Crippen LogP) is 1.33. The lowest BCUT2D eigenvalue weighted by molar-refractivity contribution is -0.119. The van der Waals surface area contributed by atoms with Gasteiger partial charge in [-0.3, -0.25) is 15.2 Å². The summed E-state index contributed by atoms with van der Waals surface area (Å²) < 4.78 is 5.34. The molecule has 0 bridgehead atoms. The molecule has 0 atom stereocenters. The molecule has 15 heavy (non-hydrogen) atoms. The normalized spacial score (nSPS) is 15.3. The Kier molecular flexibility index (Phi) is 2.76. The van der Waals surface area contributed by atoms with E-state index in [2.05, 4.69) is 5.43 Å². The molecule has 1 amide bonds. The van der Waals surface area contributed by atoms with Crippen molar-refractivity contribution in [3.63, 3.8) is 0 Å². The molecule has 2 rings (SSSR count). The molecule has 4 heteroatoms. The van der Waals surface area contributed by atoms with Crippen molar-refractivity contribution < 1.29 is 9.53 Å². The van der Waals surface area contributed by atoms with Crippen molar-refractivity contribution in [1.82, 2.24) is 5.43 Å². The molecule has 0 unspecified atom stereocenters. The van der Waals surface area contributed by atoms with Crippen LogP contribution < -0.4 is 15.2 Å². The molecule has 1 aromatic rings. The number of hydrogen-bond acceptors (Lipinski definition) is 3. The number of anilines is 1. The second kappa shape index (κ2) is 4.21. The van der Waals surface area contributed by atoms with Crippen molar-refractivity contribution in [2.24, 2.45) is 0 Å². The summed E-state index contributed by atoms with van der Waals surface area (Å²) in [5, 5.41) is 1.85. The highest BCUT2D eigenvalue weighted by atomic mass is 16.5. The molecule has 1 aliphatic heterocycles. The SMILES string of the molecule is CCOc1ccc(N2CCC(=O)N2)cc1. The van der Waals surface area contributed by atoms with Gasteiger partial charge in [0.05, 0.1) is 12.3 Å². The fourth-order valence-corrected chi connectivity index (χ4v) is 1.56. The quantitative estimate of drug-likeness (QED) is 0.811. The van der Waals surface area contributed by atoms with E-state index in [1.54, 1.807) is 0 Å². The maximum absolute atomic E-state index is 11.0. The molecule has 0 aromatic heterocycles. The second-order valence-electron chi connectivity index (χ2n) is 3.36. The summed E-state index contributed by atoms with van der Waals surface area (Å²) in [5.74, 6) is 0.927. The van der Waals surface area contributed by atoms with E-state index in [9.17, 15) is 4.79 Å². The van der Waals surface area contributed by atoms with Crippen LogP contribution in [0.1, 0.15) is 13.3 Å². The van der Waals surface area contributed by atoms with Gasteiger partial charge < -0.3 is 4.74 Å². The van der Waals surface area contributed by atoms with E-state index in [-0.39, 0.29) is 5.91 Å². The van der Waals surface area contributed by atoms with Gasteiger partial charge in [-0.05, 0) is 31.2 Å². The molecule has 1 saturated heterocycles. The van der Waals surface area contributed by atoms with E-state index in [0.717, 1.165) is 18.0 Å². The summed E-state index contributed by atoms with van der Waals surface area (Å²) in [5.41, 5.74) is 3.77. The van der Waals surface area contributed by atoms with Crippen LogP contribution in [0.25, 0.3) is 0 Å². The molecular weight excluding hydrogens is 192 g/mol. The summed E-state index contributed by atoms with van der Waals surface area (Å²) in [7, 11) is 0. The number of ether oxygens (including phenoxy) is 1. The number of carbonyl (C=O) groups is 1. The van der Waals surface area contributed by atoms with Crippen LogP contribution in [0.15, 0.2) is 24.3 Å². The third kappa shape index (κ3) is 2.21. The summed E-state index contributed by atoms with van der Waals surface area (Å²) in [4.78, 5) is 11.0. The number of nitrogens with one attached hydrogen (secondary N) is 1. The second-order valence-corrected chi connectivity index (χ2v) is 3.36. The molecule has 1 aromatic carbocycles. The van der Waals surface area contributed by atoms with Crippen molar-refractivity contribution in [2.45, 2.75) is 13.3 Å². The van der Waals surface area contributed by atoms with Gasteiger partial charge in [-0.1, -0.05) is 0 Å². The molecule has 80 valence electrons. The summed E-state index contributed by atoms with van der Waals surface area (Å²) in [6.07, 6.45) is 0.563. The number of benzene rings is 1. The highest BCUT2D eigenvalue weighted by Crippen LogP contribution is 2.20. The number of nitrogens with zero attached hydrogens (tertiary/aromatic N) is 1. The van der Waals surface area contributed by atoms with Gasteiger partial charge in [0, 0.05) is 13.0 Å². The lowest BCUT2D eigenvalue weighted by atomic mass is 10.3. The van der Waals surface area contributed by atoms with Crippen LogP contribution in [0, 0.1) is 0 Å². The summed E-state index contributed by atoms with van der Waals surface area (Å²) in [6, 6.07) is 7.69. The molecule has 0 saturated carbocycles. The number of hydrogen-bond donors (Lipinski definition) is 1. The minimum atomic E-state index is 0.0730. The van der Waals surface area contributed by atoms with Crippen molar-refractivity contribution in [3.05, 3.63) is 24.3 Å². The average Bonchev–Trinajstić information content (AvgIpc) is 2.67. The van der Waals surface area contributed by atoms with Gasteiger partial charge in [-0.15, -0.1) is 0 Å². The van der Waals surface area contributed by atoms with Crippen LogP contribution in [-0.4, -0.2) is 19.1 Å². The summed E-state index contributed by atoms with van der Waals surface area (Å²) in [6.45, 7) is 3.35. The molecule has 1 N–H and O–H groups in total. The van der Waals surface area contributed by atoms with Crippen molar-refractivity contribution in [1.29, 1.82) is 0 Å². The molecule has 4 nitrogen and oxygen atoms in total. The first-order valence-electron chi connectivity index (χ1n) is 5.09. The van der Waals surface area contributed by atoms with Crippen LogP contribution in [0.4, 0.5) is 5.69 Å². The molecule has 0 spiro atoms. The highest BCUT2D eigenvalue weighted by molar-refractivity contribution is 5.81. The van der Waals surface area contributed by atoms with E-state index in [1.165, 1.54) is 0 Å². The molecular formula is C11H14N2O2. The van der Waals surface area contributed by atoms with E-state index < -0.39 is 0 Å². The molecule has 1 aliphatic rings. The lowest BCUT2D eigenvalue weighted by Gasteiger charge is -2.17. The third-order valence-corrected chi connectivity index (χ3v) is 2.28. The van der Waals surface area contributed by atoms with Crippen LogP contribution in [0.3, 0.4) is 0 Å². The minimum Gasteiger partial charge on any atom is -0.494 e. The van der Waals surface area contributed by atoms with Crippen molar-refractivity contribution >= 4 is 11.6 Å². The molecule has 1 fully saturated rings. The number of carbonyl (C=O) groups excluding carboxylic acids is 1. The third-order valence-electron chi connectivity index (χ3n) is 2.28. The van der Waals surface area contributed by atoms with Crippen LogP contribution in [0.5, 0.6) is 5.75 Å². The van der Waals surface area contributed by atoms with Gasteiger partial charge in [0.2, 0.25) is 5.91 Å². The average molecular weight is 206 g/mol. The topological polar surface area (TPSA) is 41.6 Å². The minimum absolute atomic E-state index is 0.0730. The predicted molar refractivity (Wildman–Crippen MR) is 57.7 cm³/mol. The number of amides is 1. The largest absolute Gasteiger partial charge is 0.494 e. The number of hydrazine groups is 1. The fraction of sp³-hybridized carbons (Fsp3) is 0.364. The van der Waals surface area contributed by atoms with Crippen LogP contribution >= 0.6 is 0 Å². The van der Waals surface area contributed by atoms with Crippen molar-refractivity contribution in [2.75, 3.05) is 18.2 Å². The van der Waals surface area contributed by atoms with E-state index >= 15 is 0 Å². The first-order chi connectivity index (χ1) is 7.29. The van der Waals surface area contributed by atoms with E-state index in [0.29, 0.717) is 13.0 Å². The first kappa shape index (κ1) is 9.83. The maximum atomic E-state index is 11.0. The van der Waals surface area contributed by atoms with Gasteiger partial charge in [0.1, 0.15) is 5.75 Å². The van der Waals surface area contributed by atoms with Gasteiger partial charge >= 0.3 is 0 Å². The zero-order chi connectivity index (χ0) is 10.7. The Labute approximate surface area is 88.8 Å². The smallest absolute Gasteiger partial charge is 0.240 e. The van der Waals surface area contributed by atoms with Gasteiger partial charge in [-0.25, -0.2) is 0 Å². The Bertz CT molecular complexity index is 348. The van der Waals surface area contributed by atoms with Gasteiger partial charge in [0.25, 0.3) is 0 Å². The van der Waals surface area contributed by atoms with E-state index in [4.69, 9.17) is 4.74 Å². The Hall–Kier alpha value is -1.71.